The summed E-state index contributed by atoms with van der Waals surface area (Å²) in [5.41, 5.74) is -0.363. The average Bonchev–Trinajstić information content (AvgIpc) is 2.39. The van der Waals surface area contributed by atoms with E-state index in [1.165, 1.54) is 12.8 Å². The summed E-state index contributed by atoms with van der Waals surface area (Å²) in [6.45, 7) is 8.08. The number of ether oxygens (including phenoxy) is 1. The summed E-state index contributed by atoms with van der Waals surface area (Å²) in [5.74, 6) is 0.686. The average molecular weight is 240 g/mol. The number of rotatable bonds is 10. The molecule has 3 nitrogen and oxygen atoms in total. The minimum atomic E-state index is -0.363. The topological polar surface area (TPSA) is 45.0 Å². The SMILES string of the molecule is CCC(CC)COCCCC(C#N)(CC)NC. The van der Waals surface area contributed by atoms with E-state index in [0.717, 1.165) is 32.5 Å². The zero-order chi connectivity index (χ0) is 13.1. The predicted octanol–water partition coefficient (Wildman–Crippen LogP) is 3.11. The standard InChI is InChI=1S/C14H28N2O/c1-5-13(6-2)11-17-10-8-9-14(7-3,12-15)16-4/h13,16H,5-11H2,1-4H3. The first kappa shape index (κ1) is 16.4. The van der Waals surface area contributed by atoms with E-state index in [-0.39, 0.29) is 5.54 Å². The molecule has 3 heteroatoms. The third kappa shape index (κ3) is 6.05. The third-order valence-corrected chi connectivity index (χ3v) is 3.70. The van der Waals surface area contributed by atoms with Crippen LogP contribution in [0.4, 0.5) is 0 Å². The summed E-state index contributed by atoms with van der Waals surface area (Å²) >= 11 is 0. The van der Waals surface area contributed by atoms with Gasteiger partial charge in [-0.2, -0.15) is 5.26 Å². The fourth-order valence-electron chi connectivity index (χ4n) is 1.92. The van der Waals surface area contributed by atoms with E-state index in [9.17, 15) is 0 Å². The van der Waals surface area contributed by atoms with Crippen LogP contribution < -0.4 is 5.32 Å². The molecule has 0 radical (unpaired) electrons. The summed E-state index contributed by atoms with van der Waals surface area (Å²) in [7, 11) is 1.86. The molecule has 0 spiro atoms. The van der Waals surface area contributed by atoms with Gasteiger partial charge in [0.1, 0.15) is 5.54 Å². The van der Waals surface area contributed by atoms with Crippen LogP contribution in [0.5, 0.6) is 0 Å². The van der Waals surface area contributed by atoms with Crippen LogP contribution >= 0.6 is 0 Å². The maximum atomic E-state index is 9.14. The Kier molecular flexibility index (Phi) is 9.11. The molecule has 0 heterocycles. The Labute approximate surface area is 107 Å². The highest BCUT2D eigenvalue weighted by molar-refractivity contribution is 5.05. The summed E-state index contributed by atoms with van der Waals surface area (Å²) in [6.07, 6.45) is 5.02. The van der Waals surface area contributed by atoms with Gasteiger partial charge in [0, 0.05) is 13.2 Å². The molecule has 0 saturated carbocycles. The first-order chi connectivity index (χ1) is 8.17. The van der Waals surface area contributed by atoms with Crippen LogP contribution in [-0.2, 0) is 4.74 Å². The lowest BCUT2D eigenvalue weighted by molar-refractivity contribution is 0.0903. The van der Waals surface area contributed by atoms with Crippen molar-refractivity contribution in [3.05, 3.63) is 0 Å². The molecular weight excluding hydrogens is 212 g/mol. The Bertz CT molecular complexity index is 215. The summed E-state index contributed by atoms with van der Waals surface area (Å²) in [6, 6.07) is 2.37. The molecule has 1 N–H and O–H groups in total. The molecule has 0 saturated heterocycles. The van der Waals surface area contributed by atoms with Crippen LogP contribution in [0.2, 0.25) is 0 Å². The number of nitriles is 1. The van der Waals surface area contributed by atoms with E-state index in [1.807, 2.05) is 14.0 Å². The van der Waals surface area contributed by atoms with Gasteiger partial charge in [-0.15, -0.1) is 0 Å². The van der Waals surface area contributed by atoms with Gasteiger partial charge in [0.15, 0.2) is 0 Å². The number of nitrogens with zero attached hydrogens (tertiary/aromatic N) is 1. The lowest BCUT2D eigenvalue weighted by Crippen LogP contribution is -2.40. The van der Waals surface area contributed by atoms with Crippen LogP contribution in [0, 0.1) is 17.2 Å². The second kappa shape index (κ2) is 9.44. The first-order valence-electron chi connectivity index (χ1n) is 6.85. The van der Waals surface area contributed by atoms with Crippen molar-refractivity contribution in [3.63, 3.8) is 0 Å². The van der Waals surface area contributed by atoms with Crippen molar-refractivity contribution >= 4 is 0 Å². The van der Waals surface area contributed by atoms with Gasteiger partial charge in [-0.3, -0.25) is 0 Å². The number of hydrogen-bond donors (Lipinski definition) is 1. The summed E-state index contributed by atoms with van der Waals surface area (Å²) < 4.78 is 5.67. The maximum Gasteiger partial charge on any atom is 0.106 e. The molecule has 0 aromatic rings. The smallest absolute Gasteiger partial charge is 0.106 e. The van der Waals surface area contributed by atoms with Crippen LogP contribution in [0.25, 0.3) is 0 Å². The number of hydrogen-bond acceptors (Lipinski definition) is 3. The van der Waals surface area contributed by atoms with E-state index < -0.39 is 0 Å². The Morgan fingerprint density at radius 3 is 2.35 bits per heavy atom. The molecule has 0 bridgehead atoms. The van der Waals surface area contributed by atoms with E-state index in [1.54, 1.807) is 0 Å². The minimum absolute atomic E-state index is 0.363. The van der Waals surface area contributed by atoms with E-state index in [2.05, 4.69) is 25.2 Å². The largest absolute Gasteiger partial charge is 0.381 e. The molecule has 0 rings (SSSR count). The monoisotopic (exact) mass is 240 g/mol. The molecule has 0 aromatic heterocycles. The van der Waals surface area contributed by atoms with Gasteiger partial charge < -0.3 is 10.1 Å². The van der Waals surface area contributed by atoms with Gasteiger partial charge in [-0.1, -0.05) is 33.6 Å². The number of nitrogens with one attached hydrogen (secondary N) is 1. The van der Waals surface area contributed by atoms with Crippen LogP contribution in [-0.4, -0.2) is 25.8 Å². The molecular formula is C14H28N2O. The second-order valence-corrected chi connectivity index (χ2v) is 4.66. The zero-order valence-corrected chi connectivity index (χ0v) is 11.9. The van der Waals surface area contributed by atoms with E-state index in [4.69, 9.17) is 10.00 Å². The first-order valence-corrected chi connectivity index (χ1v) is 6.85. The fourth-order valence-corrected chi connectivity index (χ4v) is 1.92. The Morgan fingerprint density at radius 1 is 1.29 bits per heavy atom. The third-order valence-electron chi connectivity index (χ3n) is 3.70. The van der Waals surface area contributed by atoms with Gasteiger partial charge in [0.25, 0.3) is 0 Å². The Hall–Kier alpha value is -0.590. The van der Waals surface area contributed by atoms with Gasteiger partial charge in [-0.25, -0.2) is 0 Å². The molecule has 100 valence electrons. The van der Waals surface area contributed by atoms with E-state index in [0.29, 0.717) is 5.92 Å². The molecule has 1 unspecified atom stereocenters. The zero-order valence-electron chi connectivity index (χ0n) is 11.9. The van der Waals surface area contributed by atoms with Crippen molar-refractivity contribution in [1.29, 1.82) is 5.26 Å². The molecule has 1 atom stereocenters. The molecule has 0 amide bonds. The second-order valence-electron chi connectivity index (χ2n) is 4.66. The van der Waals surface area contributed by atoms with Crippen LogP contribution in [0.1, 0.15) is 52.9 Å². The fraction of sp³-hybridized carbons (Fsp3) is 0.929. The minimum Gasteiger partial charge on any atom is -0.381 e. The van der Waals surface area contributed by atoms with Crippen molar-refractivity contribution in [2.45, 2.75) is 58.4 Å². The highest BCUT2D eigenvalue weighted by Gasteiger charge is 2.24. The highest BCUT2D eigenvalue weighted by atomic mass is 16.5. The summed E-state index contributed by atoms with van der Waals surface area (Å²) in [5, 5.41) is 12.3. The molecule has 0 aromatic carbocycles. The van der Waals surface area contributed by atoms with Gasteiger partial charge in [0.2, 0.25) is 0 Å². The van der Waals surface area contributed by atoms with Gasteiger partial charge in [0.05, 0.1) is 6.07 Å². The lowest BCUT2D eigenvalue weighted by Gasteiger charge is -2.24. The van der Waals surface area contributed by atoms with Crippen LogP contribution in [0.15, 0.2) is 0 Å². The predicted molar refractivity (Wildman–Crippen MR) is 71.8 cm³/mol. The van der Waals surface area contributed by atoms with Crippen molar-refractivity contribution in [2.24, 2.45) is 5.92 Å². The van der Waals surface area contributed by atoms with Gasteiger partial charge >= 0.3 is 0 Å². The lowest BCUT2D eigenvalue weighted by atomic mass is 9.92. The molecule has 0 fully saturated rings. The molecule has 0 aliphatic carbocycles. The van der Waals surface area contributed by atoms with Gasteiger partial charge in [-0.05, 0) is 32.2 Å². The maximum absolute atomic E-state index is 9.14. The Morgan fingerprint density at radius 2 is 1.94 bits per heavy atom. The normalized spacial score (nSPS) is 14.6. The van der Waals surface area contributed by atoms with Crippen molar-refractivity contribution < 1.29 is 4.74 Å². The van der Waals surface area contributed by atoms with Crippen LogP contribution in [0.3, 0.4) is 0 Å². The summed E-state index contributed by atoms with van der Waals surface area (Å²) in [4.78, 5) is 0. The molecule has 0 aliphatic heterocycles. The van der Waals surface area contributed by atoms with Crippen molar-refractivity contribution in [2.75, 3.05) is 20.3 Å². The highest BCUT2D eigenvalue weighted by Crippen LogP contribution is 2.16. The Balaban J connectivity index is 3.73. The quantitative estimate of drug-likeness (QED) is 0.597. The molecule has 0 aliphatic rings. The van der Waals surface area contributed by atoms with E-state index >= 15 is 0 Å². The van der Waals surface area contributed by atoms with Crippen molar-refractivity contribution in [1.82, 2.24) is 5.32 Å². The molecule has 17 heavy (non-hydrogen) atoms. The van der Waals surface area contributed by atoms with Crippen molar-refractivity contribution in [3.8, 4) is 6.07 Å².